The van der Waals surface area contributed by atoms with Crippen LogP contribution in [0.15, 0.2) is 36.4 Å². The molecule has 1 heterocycles. The molecule has 0 radical (unpaired) electrons. The van der Waals surface area contributed by atoms with E-state index in [1.807, 2.05) is 30.3 Å². The van der Waals surface area contributed by atoms with Gasteiger partial charge >= 0.3 is 0 Å². The summed E-state index contributed by atoms with van der Waals surface area (Å²) < 4.78 is 0. The molecule has 110 valence electrons. The highest BCUT2D eigenvalue weighted by atomic mass is 35.5. The van der Waals surface area contributed by atoms with Crippen LogP contribution < -0.4 is 4.90 Å². The summed E-state index contributed by atoms with van der Waals surface area (Å²) >= 11 is 6.25. The summed E-state index contributed by atoms with van der Waals surface area (Å²) in [5.41, 5.74) is 1.14. The van der Waals surface area contributed by atoms with Crippen molar-refractivity contribution in [1.29, 1.82) is 0 Å². The minimum Gasteiger partial charge on any atom is -0.387 e. The number of fused-ring (bicyclic) bond motifs is 1. The van der Waals surface area contributed by atoms with Gasteiger partial charge in [0.05, 0.1) is 0 Å². The smallest absolute Gasteiger partial charge is 0.248 e. The first kappa shape index (κ1) is 14.2. The summed E-state index contributed by atoms with van der Waals surface area (Å²) in [4.78, 5) is 15.5. The van der Waals surface area contributed by atoms with Crippen molar-refractivity contribution in [3.63, 3.8) is 0 Å². The van der Waals surface area contributed by atoms with Crippen LogP contribution in [0.25, 0.3) is 10.8 Å². The zero-order valence-corrected chi connectivity index (χ0v) is 12.4. The van der Waals surface area contributed by atoms with Gasteiger partial charge in [-0.25, -0.2) is 0 Å². The van der Waals surface area contributed by atoms with Crippen molar-refractivity contribution in [2.24, 2.45) is 0 Å². The fraction of sp³-hybridized carbons (Fsp3) is 0.312. The van der Waals surface area contributed by atoms with E-state index < -0.39 is 6.61 Å². The minimum absolute atomic E-state index is 0.199. The van der Waals surface area contributed by atoms with E-state index in [0.29, 0.717) is 13.1 Å². The van der Waals surface area contributed by atoms with Crippen LogP contribution in [0.1, 0.15) is 0 Å². The Bertz CT molecular complexity index is 666. The second kappa shape index (κ2) is 5.92. The number of hydrogen-bond donors (Lipinski definition) is 1. The van der Waals surface area contributed by atoms with Gasteiger partial charge in [0.1, 0.15) is 6.61 Å². The Kier molecular flexibility index (Phi) is 3.99. The second-order valence-electron chi connectivity index (χ2n) is 5.14. The van der Waals surface area contributed by atoms with Crippen LogP contribution in [-0.4, -0.2) is 48.7 Å². The third-order valence-corrected chi connectivity index (χ3v) is 4.29. The lowest BCUT2D eigenvalue weighted by molar-refractivity contribution is -0.134. The maximum Gasteiger partial charge on any atom is 0.248 e. The number of piperazine rings is 1. The molecule has 1 fully saturated rings. The number of nitrogens with zero attached hydrogens (tertiary/aromatic N) is 2. The van der Waals surface area contributed by atoms with E-state index >= 15 is 0 Å². The molecule has 0 aliphatic carbocycles. The van der Waals surface area contributed by atoms with E-state index in [4.69, 9.17) is 16.7 Å². The van der Waals surface area contributed by atoms with E-state index in [2.05, 4.69) is 11.0 Å². The number of hydrogen-bond acceptors (Lipinski definition) is 3. The molecule has 0 bridgehead atoms. The quantitative estimate of drug-likeness (QED) is 0.924. The number of rotatable bonds is 2. The van der Waals surface area contributed by atoms with E-state index in [-0.39, 0.29) is 5.91 Å². The topological polar surface area (TPSA) is 43.8 Å². The molecule has 2 aromatic carbocycles. The van der Waals surface area contributed by atoms with Crippen molar-refractivity contribution in [1.82, 2.24) is 4.90 Å². The maximum atomic E-state index is 11.5. The fourth-order valence-electron chi connectivity index (χ4n) is 2.82. The number of carbonyl (C=O) groups is 1. The summed E-state index contributed by atoms with van der Waals surface area (Å²) in [6.45, 7) is 2.38. The molecule has 4 nitrogen and oxygen atoms in total. The molecule has 0 unspecified atom stereocenters. The molecule has 1 N–H and O–H groups in total. The van der Waals surface area contributed by atoms with Gasteiger partial charge in [-0.15, -0.1) is 0 Å². The van der Waals surface area contributed by atoms with E-state index in [1.54, 1.807) is 4.90 Å². The standard InChI is InChI=1S/C16H17ClN2O2/c17-14-5-6-15(13-4-2-1-3-12(13)14)18-7-9-19(10-8-18)16(21)11-20/h1-6,20H,7-11H2. The van der Waals surface area contributed by atoms with Crippen molar-refractivity contribution in [2.75, 3.05) is 37.7 Å². The van der Waals surface area contributed by atoms with Crippen LogP contribution in [0, 0.1) is 0 Å². The highest BCUT2D eigenvalue weighted by molar-refractivity contribution is 6.36. The molecule has 2 aromatic rings. The van der Waals surface area contributed by atoms with Gasteiger partial charge in [-0.1, -0.05) is 35.9 Å². The summed E-state index contributed by atoms with van der Waals surface area (Å²) in [6, 6.07) is 12.0. The SMILES string of the molecule is O=C(CO)N1CCN(c2ccc(Cl)c3ccccc23)CC1. The van der Waals surface area contributed by atoms with Crippen LogP contribution in [0.4, 0.5) is 5.69 Å². The van der Waals surface area contributed by atoms with Gasteiger partial charge in [-0.2, -0.15) is 0 Å². The zero-order chi connectivity index (χ0) is 14.8. The van der Waals surface area contributed by atoms with Crippen molar-refractivity contribution >= 4 is 34.0 Å². The largest absolute Gasteiger partial charge is 0.387 e. The van der Waals surface area contributed by atoms with Gasteiger partial charge < -0.3 is 14.9 Å². The molecule has 0 atom stereocenters. The molecule has 21 heavy (non-hydrogen) atoms. The minimum atomic E-state index is -0.413. The average Bonchev–Trinajstić information content (AvgIpc) is 2.55. The number of anilines is 1. The van der Waals surface area contributed by atoms with Gasteiger partial charge in [0, 0.05) is 47.7 Å². The Labute approximate surface area is 128 Å². The predicted octanol–water partition coefficient (Wildman–Crippen LogP) is 2.13. The van der Waals surface area contributed by atoms with Gasteiger partial charge in [0.15, 0.2) is 0 Å². The van der Waals surface area contributed by atoms with Crippen LogP contribution in [-0.2, 0) is 4.79 Å². The van der Waals surface area contributed by atoms with Gasteiger partial charge in [-0.05, 0) is 12.1 Å². The molecule has 0 spiro atoms. The summed E-state index contributed by atoms with van der Waals surface area (Å²) in [5, 5.41) is 11.9. The Balaban J connectivity index is 1.86. The maximum absolute atomic E-state index is 11.5. The summed E-state index contributed by atoms with van der Waals surface area (Å²) in [7, 11) is 0. The molecule has 0 saturated carbocycles. The normalized spacial score (nSPS) is 15.5. The van der Waals surface area contributed by atoms with Crippen molar-refractivity contribution < 1.29 is 9.90 Å². The van der Waals surface area contributed by atoms with E-state index in [1.165, 1.54) is 0 Å². The van der Waals surface area contributed by atoms with Crippen LogP contribution >= 0.6 is 11.6 Å². The number of benzene rings is 2. The van der Waals surface area contributed by atoms with E-state index in [0.717, 1.165) is 34.6 Å². The lowest BCUT2D eigenvalue weighted by Gasteiger charge is -2.36. The van der Waals surface area contributed by atoms with E-state index in [9.17, 15) is 4.79 Å². The molecule has 3 rings (SSSR count). The molecule has 0 aromatic heterocycles. The Morgan fingerprint density at radius 2 is 1.71 bits per heavy atom. The monoisotopic (exact) mass is 304 g/mol. The van der Waals surface area contributed by atoms with Crippen LogP contribution in [0.3, 0.4) is 0 Å². The first-order valence-corrected chi connectivity index (χ1v) is 7.39. The Morgan fingerprint density at radius 1 is 1.05 bits per heavy atom. The average molecular weight is 305 g/mol. The molecule has 1 aliphatic rings. The molecule has 5 heteroatoms. The Morgan fingerprint density at radius 3 is 2.38 bits per heavy atom. The van der Waals surface area contributed by atoms with Crippen molar-refractivity contribution in [2.45, 2.75) is 0 Å². The summed E-state index contributed by atoms with van der Waals surface area (Å²) in [5.74, 6) is -0.199. The number of aliphatic hydroxyl groups is 1. The number of carbonyl (C=O) groups excluding carboxylic acids is 1. The molecule has 1 amide bonds. The number of aliphatic hydroxyl groups excluding tert-OH is 1. The molecule has 1 aliphatic heterocycles. The second-order valence-corrected chi connectivity index (χ2v) is 5.55. The van der Waals surface area contributed by atoms with Crippen molar-refractivity contribution in [3.05, 3.63) is 41.4 Å². The first-order valence-electron chi connectivity index (χ1n) is 7.01. The third kappa shape index (κ3) is 2.69. The number of halogens is 1. The molecular weight excluding hydrogens is 288 g/mol. The lowest BCUT2D eigenvalue weighted by Crippen LogP contribution is -2.49. The van der Waals surface area contributed by atoms with Crippen LogP contribution in [0.5, 0.6) is 0 Å². The molecular formula is C16H17ClN2O2. The lowest BCUT2D eigenvalue weighted by atomic mass is 10.1. The Hall–Kier alpha value is -1.78. The summed E-state index contributed by atoms with van der Waals surface area (Å²) in [6.07, 6.45) is 0. The van der Waals surface area contributed by atoms with Gasteiger partial charge in [-0.3, -0.25) is 4.79 Å². The van der Waals surface area contributed by atoms with Gasteiger partial charge in [0.25, 0.3) is 0 Å². The van der Waals surface area contributed by atoms with Gasteiger partial charge in [0.2, 0.25) is 5.91 Å². The fourth-order valence-corrected chi connectivity index (χ4v) is 3.05. The highest BCUT2D eigenvalue weighted by Gasteiger charge is 2.21. The van der Waals surface area contributed by atoms with Crippen molar-refractivity contribution in [3.8, 4) is 0 Å². The zero-order valence-electron chi connectivity index (χ0n) is 11.6. The van der Waals surface area contributed by atoms with Crippen LogP contribution in [0.2, 0.25) is 5.02 Å². The number of amides is 1. The first-order chi connectivity index (χ1) is 10.2. The predicted molar refractivity (Wildman–Crippen MR) is 84.8 cm³/mol. The third-order valence-electron chi connectivity index (χ3n) is 3.96. The highest BCUT2D eigenvalue weighted by Crippen LogP contribution is 2.32. The molecule has 1 saturated heterocycles.